The zero-order valence-corrected chi connectivity index (χ0v) is 17.1. The van der Waals surface area contributed by atoms with Crippen molar-refractivity contribution in [3.8, 4) is 11.6 Å². The highest BCUT2D eigenvalue weighted by Gasteiger charge is 2.28. The Labute approximate surface area is 162 Å². The van der Waals surface area contributed by atoms with Crippen LogP contribution in [0.2, 0.25) is 0 Å². The van der Waals surface area contributed by atoms with Crippen molar-refractivity contribution >= 4 is 0 Å². The maximum absolute atomic E-state index is 5.35. The van der Waals surface area contributed by atoms with Gasteiger partial charge in [-0.25, -0.2) is 4.98 Å². The van der Waals surface area contributed by atoms with Crippen molar-refractivity contribution in [2.24, 2.45) is 0 Å². The standard InChI is InChI=1S/C22H31N3O2/c1-16(2)18-8-6-7-9-19(18)20-15-25(13-12-24(20)3)14-17-10-11-21(26-4)22(23-17)27-5/h6-11,16,20H,12-15H2,1-5H3. The first-order chi connectivity index (χ1) is 13.0. The van der Waals surface area contributed by atoms with Crippen LogP contribution < -0.4 is 9.47 Å². The molecule has 1 aromatic carbocycles. The second-order valence-electron chi connectivity index (χ2n) is 7.53. The smallest absolute Gasteiger partial charge is 0.257 e. The molecule has 0 bridgehead atoms. The number of benzene rings is 1. The number of rotatable bonds is 6. The summed E-state index contributed by atoms with van der Waals surface area (Å²) in [5.41, 5.74) is 3.90. The van der Waals surface area contributed by atoms with Crippen LogP contribution in [0, 0.1) is 0 Å². The zero-order chi connectivity index (χ0) is 19.4. The molecule has 1 saturated heterocycles. The fourth-order valence-corrected chi connectivity index (χ4v) is 3.83. The molecule has 5 nitrogen and oxygen atoms in total. The van der Waals surface area contributed by atoms with E-state index in [0.717, 1.165) is 31.9 Å². The average Bonchev–Trinajstić information content (AvgIpc) is 2.69. The second kappa shape index (κ2) is 8.72. The fourth-order valence-electron chi connectivity index (χ4n) is 3.83. The molecule has 1 aliphatic heterocycles. The molecular formula is C22H31N3O2. The maximum atomic E-state index is 5.35. The van der Waals surface area contributed by atoms with E-state index in [1.54, 1.807) is 14.2 Å². The van der Waals surface area contributed by atoms with Crippen LogP contribution in [0.25, 0.3) is 0 Å². The quantitative estimate of drug-likeness (QED) is 0.776. The number of hydrogen-bond acceptors (Lipinski definition) is 5. The Morgan fingerprint density at radius 1 is 1.07 bits per heavy atom. The molecule has 3 rings (SSSR count). The minimum absolute atomic E-state index is 0.400. The molecule has 2 heterocycles. The van der Waals surface area contributed by atoms with Crippen LogP contribution >= 0.6 is 0 Å². The van der Waals surface area contributed by atoms with Crippen molar-refractivity contribution in [1.29, 1.82) is 0 Å². The number of piperazine rings is 1. The lowest BCUT2D eigenvalue weighted by Crippen LogP contribution is -2.46. The normalized spacial score (nSPS) is 18.7. The first-order valence-corrected chi connectivity index (χ1v) is 9.62. The van der Waals surface area contributed by atoms with Gasteiger partial charge in [-0.2, -0.15) is 0 Å². The third-order valence-electron chi connectivity index (χ3n) is 5.39. The molecule has 1 fully saturated rings. The predicted octanol–water partition coefficient (Wildman–Crippen LogP) is 3.71. The van der Waals surface area contributed by atoms with E-state index in [2.05, 4.69) is 59.9 Å². The molecule has 1 unspecified atom stereocenters. The summed E-state index contributed by atoms with van der Waals surface area (Å²) in [6.45, 7) is 8.43. The summed E-state index contributed by atoms with van der Waals surface area (Å²) in [5.74, 6) is 1.74. The Balaban J connectivity index is 1.78. The third-order valence-corrected chi connectivity index (χ3v) is 5.39. The molecule has 1 aromatic heterocycles. The van der Waals surface area contributed by atoms with Gasteiger partial charge in [0.05, 0.1) is 19.9 Å². The highest BCUT2D eigenvalue weighted by molar-refractivity contribution is 5.35. The van der Waals surface area contributed by atoms with Crippen molar-refractivity contribution in [3.63, 3.8) is 0 Å². The van der Waals surface area contributed by atoms with Crippen molar-refractivity contribution in [2.45, 2.75) is 32.4 Å². The molecule has 0 N–H and O–H groups in total. The average molecular weight is 370 g/mol. The van der Waals surface area contributed by atoms with E-state index in [1.165, 1.54) is 11.1 Å². The van der Waals surface area contributed by atoms with E-state index in [4.69, 9.17) is 9.47 Å². The largest absolute Gasteiger partial charge is 0.491 e. The van der Waals surface area contributed by atoms with Gasteiger partial charge in [-0.3, -0.25) is 9.80 Å². The monoisotopic (exact) mass is 369 g/mol. The van der Waals surface area contributed by atoms with Gasteiger partial charge < -0.3 is 9.47 Å². The van der Waals surface area contributed by atoms with Gasteiger partial charge in [0.15, 0.2) is 5.75 Å². The van der Waals surface area contributed by atoms with Gasteiger partial charge in [0.25, 0.3) is 5.88 Å². The lowest BCUT2D eigenvalue weighted by Gasteiger charge is -2.40. The summed E-state index contributed by atoms with van der Waals surface area (Å²) in [6, 6.07) is 13.2. The van der Waals surface area contributed by atoms with Gasteiger partial charge in [0.1, 0.15) is 0 Å². The Bertz CT molecular complexity index is 763. The molecule has 0 aliphatic carbocycles. The minimum atomic E-state index is 0.400. The van der Waals surface area contributed by atoms with Gasteiger partial charge in [-0.15, -0.1) is 0 Å². The lowest BCUT2D eigenvalue weighted by molar-refractivity contribution is 0.0888. The minimum Gasteiger partial charge on any atom is -0.491 e. The summed E-state index contributed by atoms with van der Waals surface area (Å²) in [6.07, 6.45) is 0. The summed E-state index contributed by atoms with van der Waals surface area (Å²) in [7, 11) is 5.49. The summed E-state index contributed by atoms with van der Waals surface area (Å²) in [5, 5.41) is 0. The number of hydrogen-bond donors (Lipinski definition) is 0. The van der Waals surface area contributed by atoms with Crippen LogP contribution in [0.15, 0.2) is 36.4 Å². The number of likely N-dealkylation sites (N-methyl/N-ethyl adjacent to an activating group) is 1. The van der Waals surface area contributed by atoms with E-state index in [0.29, 0.717) is 23.6 Å². The number of nitrogens with zero attached hydrogens (tertiary/aromatic N) is 3. The van der Waals surface area contributed by atoms with Gasteiger partial charge in [-0.1, -0.05) is 38.1 Å². The highest BCUT2D eigenvalue weighted by atomic mass is 16.5. The van der Waals surface area contributed by atoms with E-state index >= 15 is 0 Å². The molecule has 2 aromatic rings. The topological polar surface area (TPSA) is 37.8 Å². The number of ether oxygens (including phenoxy) is 2. The Morgan fingerprint density at radius 2 is 1.85 bits per heavy atom. The van der Waals surface area contributed by atoms with Gasteiger partial charge in [0, 0.05) is 32.2 Å². The molecule has 0 spiro atoms. The number of pyridine rings is 1. The van der Waals surface area contributed by atoms with Crippen LogP contribution in [-0.4, -0.2) is 55.7 Å². The Hall–Kier alpha value is -2.11. The zero-order valence-electron chi connectivity index (χ0n) is 17.1. The SMILES string of the molecule is COc1ccc(CN2CCN(C)C(c3ccccc3C(C)C)C2)nc1OC. The second-order valence-corrected chi connectivity index (χ2v) is 7.53. The van der Waals surface area contributed by atoms with Gasteiger partial charge >= 0.3 is 0 Å². The van der Waals surface area contributed by atoms with Crippen LogP contribution in [0.4, 0.5) is 0 Å². The first-order valence-electron chi connectivity index (χ1n) is 9.62. The molecule has 0 saturated carbocycles. The van der Waals surface area contributed by atoms with Crippen LogP contribution in [0.3, 0.4) is 0 Å². The summed E-state index contributed by atoms with van der Waals surface area (Å²) < 4.78 is 10.7. The van der Waals surface area contributed by atoms with Gasteiger partial charge in [0.2, 0.25) is 0 Å². The Morgan fingerprint density at radius 3 is 2.56 bits per heavy atom. The molecule has 27 heavy (non-hydrogen) atoms. The van der Waals surface area contributed by atoms with Crippen molar-refractivity contribution in [3.05, 3.63) is 53.2 Å². The van der Waals surface area contributed by atoms with E-state index in [-0.39, 0.29) is 0 Å². The van der Waals surface area contributed by atoms with Crippen molar-refractivity contribution in [2.75, 3.05) is 40.9 Å². The van der Waals surface area contributed by atoms with E-state index < -0.39 is 0 Å². The molecule has 5 heteroatoms. The van der Waals surface area contributed by atoms with Gasteiger partial charge in [-0.05, 0) is 36.2 Å². The van der Waals surface area contributed by atoms with E-state index in [9.17, 15) is 0 Å². The van der Waals surface area contributed by atoms with Crippen molar-refractivity contribution < 1.29 is 9.47 Å². The molecule has 1 aliphatic rings. The summed E-state index contributed by atoms with van der Waals surface area (Å²) in [4.78, 5) is 9.57. The molecule has 1 atom stereocenters. The highest BCUT2D eigenvalue weighted by Crippen LogP contribution is 2.31. The lowest BCUT2D eigenvalue weighted by atomic mass is 9.91. The fraction of sp³-hybridized carbons (Fsp3) is 0.500. The molecule has 146 valence electrons. The van der Waals surface area contributed by atoms with Crippen LogP contribution in [0.1, 0.15) is 42.6 Å². The number of methoxy groups -OCH3 is 2. The molecular weight excluding hydrogens is 338 g/mol. The van der Waals surface area contributed by atoms with Crippen LogP contribution in [-0.2, 0) is 6.54 Å². The molecule has 0 amide bonds. The van der Waals surface area contributed by atoms with Crippen molar-refractivity contribution in [1.82, 2.24) is 14.8 Å². The predicted molar refractivity (Wildman–Crippen MR) is 109 cm³/mol. The van der Waals surface area contributed by atoms with E-state index in [1.807, 2.05) is 12.1 Å². The summed E-state index contributed by atoms with van der Waals surface area (Å²) >= 11 is 0. The third kappa shape index (κ3) is 4.42. The molecule has 0 radical (unpaired) electrons. The first kappa shape index (κ1) is 19.6. The number of aromatic nitrogens is 1. The Kier molecular flexibility index (Phi) is 6.34. The maximum Gasteiger partial charge on any atom is 0.257 e. The van der Waals surface area contributed by atoms with Crippen LogP contribution in [0.5, 0.6) is 11.6 Å².